The fourth-order valence-corrected chi connectivity index (χ4v) is 2.19. The molecule has 0 saturated carbocycles. The Labute approximate surface area is 106 Å². The Morgan fingerprint density at radius 3 is 2.47 bits per heavy atom. The van der Waals surface area contributed by atoms with Gasteiger partial charge in [-0.2, -0.15) is 0 Å². The van der Waals surface area contributed by atoms with E-state index in [0.717, 1.165) is 25.0 Å². The maximum Gasteiger partial charge on any atom is 0.125 e. The monoisotopic (exact) mass is 233 g/mol. The average molecular weight is 233 g/mol. The van der Waals surface area contributed by atoms with Gasteiger partial charge >= 0.3 is 0 Å². The van der Waals surface area contributed by atoms with Crippen LogP contribution in [-0.4, -0.2) is 7.11 Å². The highest BCUT2D eigenvalue weighted by atomic mass is 16.5. The van der Waals surface area contributed by atoms with Gasteiger partial charge in [0.15, 0.2) is 0 Å². The van der Waals surface area contributed by atoms with Gasteiger partial charge in [0.05, 0.1) is 7.11 Å². The van der Waals surface area contributed by atoms with Gasteiger partial charge in [0.2, 0.25) is 0 Å². The van der Waals surface area contributed by atoms with Gasteiger partial charge in [-0.15, -0.1) is 0 Å². The molecule has 0 spiro atoms. The summed E-state index contributed by atoms with van der Waals surface area (Å²) in [5.74, 6) is 1.77. The topological polar surface area (TPSA) is 9.23 Å². The first-order chi connectivity index (χ1) is 8.19. The summed E-state index contributed by atoms with van der Waals surface area (Å²) in [5.41, 5.74) is 2.69. The number of para-hydroxylation sites is 1. The van der Waals surface area contributed by atoms with Gasteiger partial charge in [0, 0.05) is 0 Å². The first kappa shape index (κ1) is 14.1. The molecule has 0 aromatic heterocycles. The van der Waals surface area contributed by atoms with Crippen LogP contribution in [-0.2, 0) is 12.8 Å². The molecule has 0 aliphatic heterocycles. The first-order valence-corrected chi connectivity index (χ1v) is 6.63. The minimum atomic E-state index is 0.666. The lowest BCUT2D eigenvalue weighted by molar-refractivity contribution is 0.401. The van der Waals surface area contributed by atoms with Crippen molar-refractivity contribution in [1.29, 1.82) is 0 Å². The van der Waals surface area contributed by atoms with E-state index in [1.54, 1.807) is 7.11 Å². The van der Waals surface area contributed by atoms with Gasteiger partial charge in [-0.05, 0) is 36.3 Å². The minimum absolute atomic E-state index is 0.666. The average Bonchev–Trinajstić information content (AvgIpc) is 2.29. The molecule has 95 valence electrons. The van der Waals surface area contributed by atoms with Crippen molar-refractivity contribution >= 4 is 0 Å². The standard InChI is InChI=1S/C16H25O/c1-5-6-7-9-14-10-8-11-15(12-13(2)3)16(14)17-4/h8,10-11,13H,1,5-7,9,12H2,2-4H3. The Hall–Kier alpha value is -0.980. The van der Waals surface area contributed by atoms with Crippen molar-refractivity contribution in [2.45, 2.75) is 46.0 Å². The van der Waals surface area contributed by atoms with Crippen LogP contribution in [0.5, 0.6) is 5.75 Å². The van der Waals surface area contributed by atoms with Crippen LogP contribution in [0, 0.1) is 12.8 Å². The van der Waals surface area contributed by atoms with Gasteiger partial charge in [0.25, 0.3) is 0 Å². The lowest BCUT2D eigenvalue weighted by Crippen LogP contribution is -2.01. The zero-order valence-corrected chi connectivity index (χ0v) is 11.5. The van der Waals surface area contributed by atoms with Crippen LogP contribution in [0.15, 0.2) is 18.2 Å². The molecule has 0 amide bonds. The van der Waals surface area contributed by atoms with E-state index in [1.165, 1.54) is 24.0 Å². The van der Waals surface area contributed by atoms with E-state index < -0.39 is 0 Å². The maximum atomic E-state index is 5.59. The SMILES string of the molecule is [CH2]CCCCc1cccc(CC(C)C)c1OC. The molecule has 0 fully saturated rings. The maximum absolute atomic E-state index is 5.59. The highest BCUT2D eigenvalue weighted by Crippen LogP contribution is 2.27. The summed E-state index contributed by atoms with van der Waals surface area (Å²) in [6.45, 7) is 8.37. The third-order valence-electron chi connectivity index (χ3n) is 2.96. The largest absolute Gasteiger partial charge is 0.496 e. The number of benzene rings is 1. The van der Waals surface area contributed by atoms with Crippen molar-refractivity contribution in [1.82, 2.24) is 0 Å². The third kappa shape index (κ3) is 4.41. The summed E-state index contributed by atoms with van der Waals surface area (Å²) in [6, 6.07) is 6.52. The molecule has 0 atom stereocenters. The molecule has 0 saturated heterocycles. The molecule has 1 rings (SSSR count). The minimum Gasteiger partial charge on any atom is -0.496 e. The van der Waals surface area contributed by atoms with E-state index in [0.29, 0.717) is 5.92 Å². The zero-order valence-electron chi connectivity index (χ0n) is 11.5. The lowest BCUT2D eigenvalue weighted by atomic mass is 9.97. The molecule has 0 heterocycles. The predicted octanol–water partition coefficient (Wildman–Crippen LogP) is 4.44. The molecule has 0 unspecified atom stereocenters. The van der Waals surface area contributed by atoms with Gasteiger partial charge in [-0.25, -0.2) is 0 Å². The molecular formula is C16H25O. The van der Waals surface area contributed by atoms with Gasteiger partial charge in [0.1, 0.15) is 5.75 Å². The van der Waals surface area contributed by atoms with Crippen molar-refractivity contribution in [2.75, 3.05) is 7.11 Å². The van der Waals surface area contributed by atoms with Gasteiger partial charge in [-0.1, -0.05) is 51.8 Å². The van der Waals surface area contributed by atoms with E-state index in [2.05, 4.69) is 39.0 Å². The molecule has 1 radical (unpaired) electrons. The summed E-state index contributed by atoms with van der Waals surface area (Å²) >= 11 is 0. The summed E-state index contributed by atoms with van der Waals surface area (Å²) in [6.07, 6.45) is 5.60. The molecule has 0 N–H and O–H groups in total. The number of rotatable bonds is 7. The Balaban J connectivity index is 2.81. The number of ether oxygens (including phenoxy) is 1. The molecule has 1 nitrogen and oxygen atoms in total. The van der Waals surface area contributed by atoms with Crippen LogP contribution in [0.1, 0.15) is 44.2 Å². The summed E-state index contributed by atoms with van der Waals surface area (Å²) in [7, 11) is 1.78. The molecule has 0 aliphatic rings. The first-order valence-electron chi connectivity index (χ1n) is 6.63. The quantitative estimate of drug-likeness (QED) is 0.633. The van der Waals surface area contributed by atoms with E-state index in [-0.39, 0.29) is 0 Å². The van der Waals surface area contributed by atoms with E-state index >= 15 is 0 Å². The van der Waals surface area contributed by atoms with Crippen molar-refractivity contribution in [3.05, 3.63) is 36.2 Å². The van der Waals surface area contributed by atoms with Crippen molar-refractivity contribution in [3.63, 3.8) is 0 Å². The van der Waals surface area contributed by atoms with Gasteiger partial charge < -0.3 is 4.74 Å². The van der Waals surface area contributed by atoms with E-state index in [1.807, 2.05) is 0 Å². The number of hydrogen-bond donors (Lipinski definition) is 0. The Bertz CT molecular complexity index is 328. The fraction of sp³-hybridized carbons (Fsp3) is 0.562. The summed E-state index contributed by atoms with van der Waals surface area (Å²) < 4.78 is 5.59. The van der Waals surface area contributed by atoms with Crippen molar-refractivity contribution < 1.29 is 4.74 Å². The van der Waals surface area contributed by atoms with Crippen LogP contribution >= 0.6 is 0 Å². The molecule has 1 aromatic carbocycles. The molecule has 0 bridgehead atoms. The van der Waals surface area contributed by atoms with Crippen LogP contribution in [0.25, 0.3) is 0 Å². The second kappa shape index (κ2) is 7.37. The highest BCUT2D eigenvalue weighted by molar-refractivity contribution is 5.41. The third-order valence-corrected chi connectivity index (χ3v) is 2.96. The second-order valence-corrected chi connectivity index (χ2v) is 5.02. The molecular weight excluding hydrogens is 208 g/mol. The molecule has 1 aromatic rings. The number of methoxy groups -OCH3 is 1. The molecule has 1 heteroatoms. The Kier molecular flexibility index (Phi) is 6.10. The number of unbranched alkanes of at least 4 members (excludes halogenated alkanes) is 2. The number of hydrogen-bond acceptors (Lipinski definition) is 1. The molecule has 0 aliphatic carbocycles. The van der Waals surface area contributed by atoms with Crippen LogP contribution in [0.3, 0.4) is 0 Å². The smallest absolute Gasteiger partial charge is 0.125 e. The van der Waals surface area contributed by atoms with Crippen molar-refractivity contribution in [3.8, 4) is 5.75 Å². The summed E-state index contributed by atoms with van der Waals surface area (Å²) in [4.78, 5) is 0. The van der Waals surface area contributed by atoms with Crippen LogP contribution in [0.4, 0.5) is 0 Å². The Morgan fingerprint density at radius 2 is 1.88 bits per heavy atom. The van der Waals surface area contributed by atoms with Gasteiger partial charge in [-0.3, -0.25) is 0 Å². The summed E-state index contributed by atoms with van der Waals surface area (Å²) in [5, 5.41) is 0. The number of aryl methyl sites for hydroxylation is 1. The predicted molar refractivity (Wildman–Crippen MR) is 74.4 cm³/mol. The van der Waals surface area contributed by atoms with Crippen molar-refractivity contribution in [2.24, 2.45) is 5.92 Å². The zero-order chi connectivity index (χ0) is 12.7. The highest BCUT2D eigenvalue weighted by Gasteiger charge is 2.09. The normalized spacial score (nSPS) is 10.9. The van der Waals surface area contributed by atoms with E-state index in [4.69, 9.17) is 4.74 Å². The van der Waals surface area contributed by atoms with E-state index in [9.17, 15) is 0 Å². The van der Waals surface area contributed by atoms with Crippen LogP contribution in [0.2, 0.25) is 0 Å². The Morgan fingerprint density at radius 1 is 1.18 bits per heavy atom. The second-order valence-electron chi connectivity index (χ2n) is 5.02. The lowest BCUT2D eigenvalue weighted by Gasteiger charge is -2.15. The molecule has 17 heavy (non-hydrogen) atoms. The fourth-order valence-electron chi connectivity index (χ4n) is 2.19. The van der Waals surface area contributed by atoms with Crippen LogP contribution < -0.4 is 4.74 Å².